The number of benzene rings is 1. The van der Waals surface area contributed by atoms with Crippen LogP contribution in [0.5, 0.6) is 0 Å². The van der Waals surface area contributed by atoms with Gasteiger partial charge in [0.05, 0.1) is 11.6 Å². The van der Waals surface area contributed by atoms with E-state index in [9.17, 15) is 5.21 Å². The molecule has 26 heavy (non-hydrogen) atoms. The van der Waals surface area contributed by atoms with Gasteiger partial charge in [-0.15, -0.1) is 10.2 Å². The molecule has 134 valence electrons. The third kappa shape index (κ3) is 3.57. The first kappa shape index (κ1) is 16.6. The normalized spacial score (nSPS) is 17.5. The Morgan fingerprint density at radius 3 is 2.65 bits per heavy atom. The smallest absolute Gasteiger partial charge is 0.247 e. The third-order valence-corrected chi connectivity index (χ3v) is 4.55. The summed E-state index contributed by atoms with van der Waals surface area (Å²) in [4.78, 5) is 6.30. The average Bonchev–Trinajstić information content (AvgIpc) is 3.32. The molecular weight excluding hydrogens is 334 g/mol. The topological polar surface area (TPSA) is 102 Å². The van der Waals surface area contributed by atoms with Crippen molar-refractivity contribution in [3.05, 3.63) is 65.5 Å². The summed E-state index contributed by atoms with van der Waals surface area (Å²) >= 11 is 0. The number of aromatic nitrogens is 3. The molecule has 0 radical (unpaired) electrons. The molecule has 0 aliphatic carbocycles. The van der Waals surface area contributed by atoms with Crippen LogP contribution in [0.3, 0.4) is 0 Å². The van der Waals surface area contributed by atoms with E-state index in [2.05, 4.69) is 20.1 Å². The van der Waals surface area contributed by atoms with Crippen LogP contribution in [0, 0.1) is 5.21 Å². The minimum absolute atomic E-state index is 0.133. The van der Waals surface area contributed by atoms with Gasteiger partial charge in [-0.3, -0.25) is 15.1 Å². The van der Waals surface area contributed by atoms with Gasteiger partial charge in [-0.1, -0.05) is 12.1 Å². The monoisotopic (exact) mass is 352 g/mol. The summed E-state index contributed by atoms with van der Waals surface area (Å²) < 4.78 is 5.85. The zero-order valence-corrected chi connectivity index (χ0v) is 14.0. The Balaban J connectivity index is 1.39. The molecule has 8 nitrogen and oxygen atoms in total. The van der Waals surface area contributed by atoms with E-state index in [1.54, 1.807) is 24.5 Å². The van der Waals surface area contributed by atoms with Crippen LogP contribution in [0.2, 0.25) is 0 Å². The van der Waals surface area contributed by atoms with E-state index in [0.717, 1.165) is 37.2 Å². The van der Waals surface area contributed by atoms with Crippen LogP contribution in [0.1, 0.15) is 23.8 Å². The fourth-order valence-electron chi connectivity index (χ4n) is 3.18. The van der Waals surface area contributed by atoms with Gasteiger partial charge in [0.15, 0.2) is 0 Å². The number of likely N-dealkylation sites (tertiary alicyclic amines) is 1. The molecule has 1 aliphatic rings. The van der Waals surface area contributed by atoms with Crippen molar-refractivity contribution in [2.75, 3.05) is 18.3 Å². The molecule has 3 heterocycles. The summed E-state index contributed by atoms with van der Waals surface area (Å²) in [5, 5.41) is 28.0. The van der Waals surface area contributed by atoms with Crippen molar-refractivity contribution in [2.24, 2.45) is 0 Å². The predicted molar refractivity (Wildman–Crippen MR) is 94.2 cm³/mol. The Morgan fingerprint density at radius 2 is 1.92 bits per heavy atom. The van der Waals surface area contributed by atoms with E-state index in [0.29, 0.717) is 11.8 Å². The van der Waals surface area contributed by atoms with Gasteiger partial charge in [0.1, 0.15) is 0 Å². The maximum Gasteiger partial charge on any atom is 0.247 e. The van der Waals surface area contributed by atoms with Crippen LogP contribution in [-0.2, 0) is 6.54 Å². The third-order valence-electron chi connectivity index (χ3n) is 4.55. The lowest BCUT2D eigenvalue weighted by Crippen LogP contribution is -2.19. The first-order chi connectivity index (χ1) is 12.7. The quantitative estimate of drug-likeness (QED) is 0.700. The maximum absolute atomic E-state index is 10.8. The molecule has 1 aromatic carbocycles. The van der Waals surface area contributed by atoms with Crippen molar-refractivity contribution in [3.63, 3.8) is 0 Å². The molecule has 0 bridgehead atoms. The molecule has 1 N–H and O–H groups in total. The Bertz CT molecular complexity index is 851. The van der Waals surface area contributed by atoms with Crippen LogP contribution < -0.4 is 5.23 Å². The molecule has 4 rings (SSSR count). The molecule has 0 amide bonds. The second kappa shape index (κ2) is 7.20. The molecule has 8 heteroatoms. The van der Waals surface area contributed by atoms with Crippen molar-refractivity contribution in [2.45, 2.75) is 18.9 Å². The number of nitrogens with zero attached hydrogens (tertiary/aromatic N) is 5. The Morgan fingerprint density at radius 1 is 1.15 bits per heavy atom. The van der Waals surface area contributed by atoms with Crippen LogP contribution in [0.25, 0.3) is 11.5 Å². The fourth-order valence-corrected chi connectivity index (χ4v) is 3.18. The van der Waals surface area contributed by atoms with Crippen LogP contribution >= 0.6 is 0 Å². The van der Waals surface area contributed by atoms with Crippen molar-refractivity contribution >= 4 is 5.69 Å². The molecule has 2 aromatic heterocycles. The van der Waals surface area contributed by atoms with Crippen molar-refractivity contribution in [1.82, 2.24) is 20.1 Å². The Hall–Kier alpha value is -2.81. The summed E-state index contributed by atoms with van der Waals surface area (Å²) in [5.41, 5.74) is 2.17. The molecule has 3 aromatic rings. The highest BCUT2D eigenvalue weighted by Crippen LogP contribution is 2.29. The first-order valence-electron chi connectivity index (χ1n) is 8.40. The molecule has 0 unspecified atom stereocenters. The summed E-state index contributed by atoms with van der Waals surface area (Å²) in [5.74, 6) is 1.39. The van der Waals surface area contributed by atoms with E-state index < -0.39 is 0 Å². The zero-order valence-electron chi connectivity index (χ0n) is 14.0. The maximum atomic E-state index is 10.8. The van der Waals surface area contributed by atoms with Crippen molar-refractivity contribution < 1.29 is 9.62 Å². The van der Waals surface area contributed by atoms with Gasteiger partial charge in [0.25, 0.3) is 0 Å². The fraction of sp³-hybridized carbons (Fsp3) is 0.278. The number of rotatable bonds is 5. The van der Waals surface area contributed by atoms with E-state index in [4.69, 9.17) is 9.62 Å². The lowest BCUT2D eigenvalue weighted by molar-refractivity contribution is 0.296. The second-order valence-electron chi connectivity index (χ2n) is 6.34. The van der Waals surface area contributed by atoms with Gasteiger partial charge < -0.3 is 14.9 Å². The predicted octanol–water partition coefficient (Wildman–Crippen LogP) is 2.81. The largest absolute Gasteiger partial charge is 0.733 e. The van der Waals surface area contributed by atoms with E-state index in [1.165, 1.54) is 0 Å². The Kier molecular flexibility index (Phi) is 4.61. The average molecular weight is 352 g/mol. The molecule has 0 saturated carbocycles. The van der Waals surface area contributed by atoms with E-state index in [-0.39, 0.29) is 16.8 Å². The molecule has 1 fully saturated rings. The summed E-state index contributed by atoms with van der Waals surface area (Å²) in [6, 6.07) is 10.6. The SMILES string of the molecule is [O-]N(O)c1ccc(CN2CC[C@H](c3nnc(-c4ccncc4)o3)C2)cc1. The summed E-state index contributed by atoms with van der Waals surface area (Å²) in [7, 11) is 0. The van der Waals surface area contributed by atoms with Gasteiger partial charge in [0, 0.05) is 31.0 Å². The Labute approximate surface area is 150 Å². The highest BCUT2D eigenvalue weighted by Gasteiger charge is 2.28. The van der Waals surface area contributed by atoms with Gasteiger partial charge in [0.2, 0.25) is 11.8 Å². The minimum atomic E-state index is -0.133. The number of anilines is 1. The van der Waals surface area contributed by atoms with Gasteiger partial charge in [-0.05, 0) is 42.8 Å². The van der Waals surface area contributed by atoms with Gasteiger partial charge in [-0.2, -0.15) is 0 Å². The molecule has 0 spiro atoms. The molecular formula is C18H18N5O3-. The first-order valence-corrected chi connectivity index (χ1v) is 8.40. The second-order valence-corrected chi connectivity index (χ2v) is 6.34. The van der Waals surface area contributed by atoms with Crippen molar-refractivity contribution in [3.8, 4) is 11.5 Å². The highest BCUT2D eigenvalue weighted by atomic mass is 16.8. The van der Waals surface area contributed by atoms with Crippen LogP contribution in [0.15, 0.2) is 53.2 Å². The van der Waals surface area contributed by atoms with Crippen LogP contribution in [0.4, 0.5) is 5.69 Å². The zero-order chi connectivity index (χ0) is 17.9. The van der Waals surface area contributed by atoms with Gasteiger partial charge >= 0.3 is 0 Å². The minimum Gasteiger partial charge on any atom is -0.733 e. The van der Waals surface area contributed by atoms with Crippen LogP contribution in [-0.4, -0.2) is 38.4 Å². The lowest BCUT2D eigenvalue weighted by Gasteiger charge is -2.22. The number of hydrogen-bond donors (Lipinski definition) is 1. The highest BCUT2D eigenvalue weighted by molar-refractivity contribution is 5.50. The standard InChI is InChI=1S/C18H18N5O3/c24-23(25)16-3-1-13(2-4-16)11-22-10-7-15(12-22)18-21-20-17(26-18)14-5-8-19-9-6-14/h1-6,8-9,15,24H,7,10-12H2/q-1/t15-/m0/s1. The van der Waals surface area contributed by atoms with E-state index in [1.807, 2.05) is 24.3 Å². The van der Waals surface area contributed by atoms with Gasteiger partial charge in [-0.25, -0.2) is 0 Å². The molecule has 1 atom stereocenters. The lowest BCUT2D eigenvalue weighted by atomic mass is 10.1. The number of hydrogen-bond acceptors (Lipinski definition) is 8. The molecule has 1 saturated heterocycles. The van der Waals surface area contributed by atoms with Crippen molar-refractivity contribution in [1.29, 1.82) is 0 Å². The summed E-state index contributed by atoms with van der Waals surface area (Å²) in [6.45, 7) is 2.55. The molecule has 1 aliphatic heterocycles. The van der Waals surface area contributed by atoms with E-state index >= 15 is 0 Å². The summed E-state index contributed by atoms with van der Waals surface area (Å²) in [6.07, 6.45) is 4.36. The number of pyridine rings is 1.